The monoisotopic (exact) mass is 571 g/mol. The van der Waals surface area contributed by atoms with E-state index >= 15 is 0 Å². The highest BCUT2D eigenvalue weighted by Crippen LogP contribution is 2.38. The second-order valence-electron chi connectivity index (χ2n) is 7.83. The molecule has 5 nitrogen and oxygen atoms in total. The minimum absolute atomic E-state index is 0.253. The third-order valence-electron chi connectivity index (χ3n) is 5.47. The fraction of sp³-hybridized carbons (Fsp3) is 0.185. The number of rotatable bonds is 9. The predicted molar refractivity (Wildman–Crippen MR) is 144 cm³/mol. The molecule has 4 rings (SSSR count). The maximum atomic E-state index is 12.9. The number of aryl methyl sites for hydroxylation is 1. The van der Waals surface area contributed by atoms with Crippen molar-refractivity contribution in [1.29, 1.82) is 0 Å². The van der Waals surface area contributed by atoms with E-state index in [1.807, 2.05) is 54.6 Å². The zero-order valence-corrected chi connectivity index (χ0v) is 22.2. The first-order valence-electron chi connectivity index (χ1n) is 11.0. The minimum atomic E-state index is -0.280. The summed E-state index contributed by atoms with van der Waals surface area (Å²) in [5.74, 6) is 0.761. The molecule has 0 aliphatic carbocycles. The lowest BCUT2D eigenvalue weighted by Crippen LogP contribution is -2.29. The molecule has 0 N–H and O–H groups in total. The number of carbonyl (C=O) groups is 2. The van der Waals surface area contributed by atoms with Gasteiger partial charge in [0.1, 0.15) is 6.61 Å². The van der Waals surface area contributed by atoms with Gasteiger partial charge in [-0.1, -0.05) is 76.1 Å². The Hall–Kier alpha value is -2.74. The van der Waals surface area contributed by atoms with E-state index < -0.39 is 0 Å². The van der Waals surface area contributed by atoms with Crippen molar-refractivity contribution in [2.45, 2.75) is 19.4 Å². The Kier molecular flexibility index (Phi) is 8.55. The third kappa shape index (κ3) is 6.28. The Morgan fingerprint density at radius 1 is 1.03 bits per heavy atom. The van der Waals surface area contributed by atoms with Gasteiger partial charge in [-0.3, -0.25) is 14.5 Å². The Balaban J connectivity index is 1.45. The quantitative estimate of drug-likeness (QED) is 0.251. The zero-order valence-electron chi connectivity index (χ0n) is 19.0. The van der Waals surface area contributed by atoms with Gasteiger partial charge in [0.15, 0.2) is 11.5 Å². The molecule has 0 unspecified atom stereocenters. The maximum absolute atomic E-state index is 12.9. The molecule has 0 bridgehead atoms. The molecule has 0 spiro atoms. The van der Waals surface area contributed by atoms with E-state index in [4.69, 9.17) is 21.1 Å². The molecule has 1 heterocycles. The average Bonchev–Trinajstić information content (AvgIpc) is 3.13. The van der Waals surface area contributed by atoms with Crippen LogP contribution in [0.3, 0.4) is 0 Å². The van der Waals surface area contributed by atoms with Crippen LogP contribution < -0.4 is 9.47 Å². The number of carbonyl (C=O) groups excluding carboxylic acids is 2. The third-order valence-corrected chi connectivity index (χ3v) is 7.44. The Labute approximate surface area is 222 Å². The molecular formula is C27H23BrClNO4S. The molecule has 0 saturated carbocycles. The van der Waals surface area contributed by atoms with Gasteiger partial charge in [-0.15, -0.1) is 0 Å². The van der Waals surface area contributed by atoms with Crippen LogP contribution in [-0.2, 0) is 17.8 Å². The van der Waals surface area contributed by atoms with Gasteiger partial charge in [0.2, 0.25) is 0 Å². The number of imide groups is 1. The number of hydrogen-bond acceptors (Lipinski definition) is 5. The van der Waals surface area contributed by atoms with Crippen molar-refractivity contribution in [1.82, 2.24) is 4.90 Å². The first-order chi connectivity index (χ1) is 17.0. The number of ether oxygens (including phenoxy) is 2. The molecule has 35 heavy (non-hydrogen) atoms. The normalized spacial score (nSPS) is 14.6. The van der Waals surface area contributed by atoms with Crippen molar-refractivity contribution in [2.24, 2.45) is 0 Å². The van der Waals surface area contributed by atoms with Gasteiger partial charge in [0, 0.05) is 21.6 Å². The van der Waals surface area contributed by atoms with E-state index in [0.717, 1.165) is 23.7 Å². The highest BCUT2D eigenvalue weighted by Gasteiger charge is 2.34. The number of benzene rings is 3. The first kappa shape index (κ1) is 25.4. The van der Waals surface area contributed by atoms with E-state index in [1.54, 1.807) is 25.3 Å². The standard InChI is InChI=1S/C27H23BrClNO4S/c1-33-23-14-20(21(28)16-24(23)34-17-19-11-5-6-12-22(19)29)15-25-26(31)30(27(32)35-25)13-7-10-18-8-3-2-4-9-18/h2-6,8-9,11-12,14-16H,7,10,13,17H2,1H3/b25-15+. The summed E-state index contributed by atoms with van der Waals surface area (Å²) in [5, 5.41) is 0.374. The molecule has 8 heteroatoms. The molecule has 1 aliphatic rings. The zero-order chi connectivity index (χ0) is 24.8. The first-order valence-corrected chi connectivity index (χ1v) is 13.0. The molecule has 180 valence electrons. The topological polar surface area (TPSA) is 55.8 Å². The average molecular weight is 573 g/mol. The molecule has 1 aliphatic heterocycles. The van der Waals surface area contributed by atoms with Crippen LogP contribution in [0.5, 0.6) is 11.5 Å². The van der Waals surface area contributed by atoms with Gasteiger partial charge >= 0.3 is 0 Å². The summed E-state index contributed by atoms with van der Waals surface area (Å²) >= 11 is 10.7. The minimum Gasteiger partial charge on any atom is -0.493 e. The summed E-state index contributed by atoms with van der Waals surface area (Å²) in [4.78, 5) is 27.1. The second-order valence-corrected chi connectivity index (χ2v) is 10.1. The van der Waals surface area contributed by atoms with Crippen LogP contribution in [-0.4, -0.2) is 29.7 Å². The molecule has 1 saturated heterocycles. The van der Waals surface area contributed by atoms with Crippen LogP contribution in [0.15, 0.2) is 76.1 Å². The number of amides is 2. The lowest BCUT2D eigenvalue weighted by molar-refractivity contribution is -0.122. The number of nitrogens with zero attached hydrogens (tertiary/aromatic N) is 1. The SMILES string of the molecule is COc1cc(/C=C2/SC(=O)N(CCCc3ccccc3)C2=O)c(Br)cc1OCc1ccccc1Cl. The van der Waals surface area contributed by atoms with E-state index in [2.05, 4.69) is 15.9 Å². The number of methoxy groups -OCH3 is 1. The Morgan fingerprint density at radius 2 is 1.77 bits per heavy atom. The second kappa shape index (κ2) is 11.8. The van der Waals surface area contributed by atoms with Crippen molar-refractivity contribution >= 4 is 56.5 Å². The summed E-state index contributed by atoms with van der Waals surface area (Å²) in [6.07, 6.45) is 3.22. The van der Waals surface area contributed by atoms with Gasteiger partial charge in [-0.2, -0.15) is 0 Å². The van der Waals surface area contributed by atoms with Gasteiger partial charge in [0.05, 0.1) is 12.0 Å². The summed E-state index contributed by atoms with van der Waals surface area (Å²) in [6, 6.07) is 21.0. The van der Waals surface area contributed by atoms with Crippen molar-refractivity contribution < 1.29 is 19.1 Å². The maximum Gasteiger partial charge on any atom is 0.293 e. The molecule has 2 amide bonds. The number of thioether (sulfide) groups is 1. The smallest absolute Gasteiger partial charge is 0.293 e. The van der Waals surface area contributed by atoms with Crippen LogP contribution >= 0.6 is 39.3 Å². The molecular weight excluding hydrogens is 550 g/mol. The summed E-state index contributed by atoms with van der Waals surface area (Å²) in [6.45, 7) is 0.667. The van der Waals surface area contributed by atoms with Gasteiger partial charge in [0.25, 0.3) is 11.1 Å². The van der Waals surface area contributed by atoms with E-state index in [0.29, 0.717) is 44.4 Å². The van der Waals surface area contributed by atoms with Crippen LogP contribution in [0, 0.1) is 0 Å². The van der Waals surface area contributed by atoms with Crippen molar-refractivity contribution in [2.75, 3.05) is 13.7 Å². The lowest BCUT2D eigenvalue weighted by Gasteiger charge is -2.14. The summed E-state index contributed by atoms with van der Waals surface area (Å²) in [7, 11) is 1.55. The van der Waals surface area contributed by atoms with Crippen LogP contribution in [0.1, 0.15) is 23.1 Å². The predicted octanol–water partition coefficient (Wildman–Crippen LogP) is 7.36. The van der Waals surface area contributed by atoms with E-state index in [-0.39, 0.29) is 17.8 Å². The van der Waals surface area contributed by atoms with Crippen molar-refractivity contribution in [3.05, 3.63) is 97.8 Å². The van der Waals surface area contributed by atoms with Crippen molar-refractivity contribution in [3.8, 4) is 11.5 Å². The van der Waals surface area contributed by atoms with Crippen LogP contribution in [0.2, 0.25) is 5.02 Å². The number of hydrogen-bond donors (Lipinski definition) is 0. The highest BCUT2D eigenvalue weighted by molar-refractivity contribution is 9.10. The fourth-order valence-corrected chi connectivity index (χ4v) is 5.11. The van der Waals surface area contributed by atoms with Gasteiger partial charge in [-0.05, 0) is 60.0 Å². The summed E-state index contributed by atoms with van der Waals surface area (Å²) in [5.41, 5.74) is 2.75. The largest absolute Gasteiger partial charge is 0.493 e. The van der Waals surface area contributed by atoms with Crippen LogP contribution in [0.25, 0.3) is 6.08 Å². The lowest BCUT2D eigenvalue weighted by atomic mass is 10.1. The molecule has 0 aromatic heterocycles. The Bertz CT molecular complexity index is 1270. The van der Waals surface area contributed by atoms with Gasteiger partial charge in [-0.25, -0.2) is 0 Å². The molecule has 1 fully saturated rings. The highest BCUT2D eigenvalue weighted by atomic mass is 79.9. The fourth-order valence-electron chi connectivity index (χ4n) is 3.62. The molecule has 0 atom stereocenters. The van der Waals surface area contributed by atoms with Crippen molar-refractivity contribution in [3.63, 3.8) is 0 Å². The Morgan fingerprint density at radius 3 is 2.51 bits per heavy atom. The molecule has 3 aromatic carbocycles. The van der Waals surface area contributed by atoms with Gasteiger partial charge < -0.3 is 9.47 Å². The van der Waals surface area contributed by atoms with E-state index in [1.165, 1.54) is 10.5 Å². The molecule has 0 radical (unpaired) electrons. The molecule has 3 aromatic rings. The van der Waals surface area contributed by atoms with E-state index in [9.17, 15) is 9.59 Å². The number of halogens is 2. The summed E-state index contributed by atoms with van der Waals surface area (Å²) < 4.78 is 12.2. The van der Waals surface area contributed by atoms with Crippen LogP contribution in [0.4, 0.5) is 4.79 Å².